The van der Waals surface area contributed by atoms with Crippen LogP contribution in [0.5, 0.6) is 0 Å². The lowest BCUT2D eigenvalue weighted by Gasteiger charge is -2.36. The minimum atomic E-state index is 0.340. The fourth-order valence-electron chi connectivity index (χ4n) is 2.79. The molecule has 0 aliphatic heterocycles. The van der Waals surface area contributed by atoms with E-state index in [9.17, 15) is 0 Å². The van der Waals surface area contributed by atoms with Crippen molar-refractivity contribution in [2.75, 3.05) is 6.26 Å². The van der Waals surface area contributed by atoms with Crippen LogP contribution in [0.3, 0.4) is 0 Å². The molecule has 0 saturated heterocycles. The Hall–Kier alpha value is -0.220. The van der Waals surface area contributed by atoms with Gasteiger partial charge in [-0.3, -0.25) is 0 Å². The predicted molar refractivity (Wildman–Crippen MR) is 78.4 cm³/mol. The first-order chi connectivity index (χ1) is 8.71. The fourth-order valence-corrected chi connectivity index (χ4v) is 3.94. The van der Waals surface area contributed by atoms with E-state index in [0.717, 1.165) is 25.2 Å². The Morgan fingerprint density at radius 3 is 2.61 bits per heavy atom. The summed E-state index contributed by atoms with van der Waals surface area (Å²) < 4.78 is 2.47. The van der Waals surface area contributed by atoms with Crippen molar-refractivity contribution in [3.05, 3.63) is 11.1 Å². The van der Waals surface area contributed by atoms with Gasteiger partial charge in [-0.1, -0.05) is 26.2 Å². The second-order valence-corrected chi connectivity index (χ2v) is 6.78. The third-order valence-corrected chi connectivity index (χ3v) is 5.58. The lowest BCUT2D eigenvalue weighted by molar-refractivity contribution is 0.354. The van der Waals surface area contributed by atoms with Crippen molar-refractivity contribution in [1.29, 1.82) is 0 Å². The highest BCUT2D eigenvalue weighted by atomic mass is 35.5. The molecule has 0 N–H and O–H groups in total. The Balaban J connectivity index is 2.18. The second kappa shape index (κ2) is 6.29. The normalized spacial score (nSPS) is 19.1. The van der Waals surface area contributed by atoms with Gasteiger partial charge in [0, 0.05) is 17.7 Å². The van der Waals surface area contributed by atoms with Gasteiger partial charge in [-0.15, -0.1) is 10.2 Å². The molecule has 0 unspecified atom stereocenters. The van der Waals surface area contributed by atoms with E-state index in [0.29, 0.717) is 10.0 Å². The maximum atomic E-state index is 6.20. The zero-order valence-corrected chi connectivity index (χ0v) is 12.9. The number of hydrogen-bond donors (Lipinski definition) is 0. The monoisotopic (exact) mass is 287 g/mol. The van der Waals surface area contributed by atoms with Gasteiger partial charge in [0.15, 0.2) is 0 Å². The molecular weight excluding hydrogens is 266 g/mol. The van der Waals surface area contributed by atoms with Gasteiger partial charge in [-0.2, -0.15) is 11.8 Å². The topological polar surface area (TPSA) is 30.7 Å². The van der Waals surface area contributed by atoms with Gasteiger partial charge < -0.3 is 4.57 Å². The van der Waals surface area contributed by atoms with Crippen LogP contribution in [0.4, 0.5) is 0 Å². The van der Waals surface area contributed by atoms with Crippen LogP contribution in [0, 0.1) is 0 Å². The minimum absolute atomic E-state index is 0.340. The Morgan fingerprint density at radius 1 is 1.28 bits per heavy atom. The molecule has 0 atom stereocenters. The van der Waals surface area contributed by atoms with Crippen molar-refractivity contribution in [2.45, 2.75) is 63.2 Å². The van der Waals surface area contributed by atoms with Crippen molar-refractivity contribution < 1.29 is 0 Å². The maximum absolute atomic E-state index is 6.20. The molecule has 1 aliphatic rings. The molecule has 1 aromatic rings. The number of halogens is 1. The van der Waals surface area contributed by atoms with Gasteiger partial charge in [0.05, 0.1) is 0 Å². The highest BCUT2D eigenvalue weighted by molar-refractivity contribution is 8.00. The number of rotatable bonds is 5. The molecule has 0 spiro atoms. The van der Waals surface area contributed by atoms with Crippen LogP contribution < -0.4 is 0 Å². The third-order valence-electron chi connectivity index (χ3n) is 3.90. The van der Waals surface area contributed by atoms with Gasteiger partial charge in [0.2, 0.25) is 5.28 Å². The van der Waals surface area contributed by atoms with Crippen LogP contribution in [-0.2, 0) is 13.0 Å². The Morgan fingerprint density at radius 2 is 2.00 bits per heavy atom. The molecular formula is C13H22ClN3S. The third kappa shape index (κ3) is 3.02. The summed E-state index contributed by atoms with van der Waals surface area (Å²) in [5.41, 5.74) is 0. The van der Waals surface area contributed by atoms with Crippen molar-refractivity contribution in [2.24, 2.45) is 0 Å². The highest BCUT2D eigenvalue weighted by Crippen LogP contribution is 2.40. The number of nitrogens with zero attached hydrogens (tertiary/aromatic N) is 3. The summed E-state index contributed by atoms with van der Waals surface area (Å²) in [4.78, 5) is 0. The number of aromatic nitrogens is 3. The second-order valence-electron chi connectivity index (χ2n) is 5.17. The molecule has 0 radical (unpaired) electrons. The first-order valence-corrected chi connectivity index (χ1v) is 8.44. The van der Waals surface area contributed by atoms with E-state index in [-0.39, 0.29) is 0 Å². The van der Waals surface area contributed by atoms with Gasteiger partial charge in [0.1, 0.15) is 5.82 Å². The zero-order chi connectivity index (χ0) is 13.0. The van der Waals surface area contributed by atoms with Gasteiger partial charge in [-0.25, -0.2) is 0 Å². The van der Waals surface area contributed by atoms with Crippen molar-refractivity contribution in [3.8, 4) is 0 Å². The largest absolute Gasteiger partial charge is 0.300 e. The average molecular weight is 288 g/mol. The summed E-state index contributed by atoms with van der Waals surface area (Å²) in [6, 6.07) is 0. The molecule has 1 aromatic heterocycles. The SMILES string of the molecule is CCCc1nnc(Cl)n1CC1(SC)CCCCC1. The van der Waals surface area contributed by atoms with Crippen LogP contribution >= 0.6 is 23.4 Å². The molecule has 3 nitrogen and oxygen atoms in total. The fraction of sp³-hybridized carbons (Fsp3) is 0.846. The molecule has 18 heavy (non-hydrogen) atoms. The van der Waals surface area contributed by atoms with Crippen molar-refractivity contribution in [3.63, 3.8) is 0 Å². The first-order valence-electron chi connectivity index (χ1n) is 6.83. The van der Waals surface area contributed by atoms with Gasteiger partial charge in [0.25, 0.3) is 0 Å². The molecule has 1 saturated carbocycles. The Labute approximate surface area is 119 Å². The summed E-state index contributed by atoms with van der Waals surface area (Å²) in [7, 11) is 0. The van der Waals surface area contributed by atoms with E-state index in [2.05, 4.69) is 27.9 Å². The lowest BCUT2D eigenvalue weighted by Crippen LogP contribution is -2.33. The number of aryl methyl sites for hydroxylation is 1. The lowest BCUT2D eigenvalue weighted by atomic mass is 9.88. The highest BCUT2D eigenvalue weighted by Gasteiger charge is 2.33. The minimum Gasteiger partial charge on any atom is -0.300 e. The summed E-state index contributed by atoms with van der Waals surface area (Å²) >= 11 is 8.19. The van der Waals surface area contributed by atoms with Gasteiger partial charge >= 0.3 is 0 Å². The molecule has 0 amide bonds. The van der Waals surface area contributed by atoms with Crippen molar-refractivity contribution in [1.82, 2.24) is 14.8 Å². The predicted octanol–water partition coefficient (Wildman–Crippen LogP) is 3.95. The van der Waals surface area contributed by atoms with E-state index in [4.69, 9.17) is 11.6 Å². The quantitative estimate of drug-likeness (QED) is 0.821. The molecule has 1 heterocycles. The Kier molecular flexibility index (Phi) is 4.96. The molecule has 5 heteroatoms. The number of hydrogen-bond acceptors (Lipinski definition) is 3. The standard InChI is InChI=1S/C13H22ClN3S/c1-3-7-11-15-16-12(14)17(11)10-13(18-2)8-5-4-6-9-13/h3-10H2,1-2H3. The average Bonchev–Trinajstić information content (AvgIpc) is 2.73. The van der Waals surface area contributed by atoms with Crippen LogP contribution in [0.25, 0.3) is 0 Å². The van der Waals surface area contributed by atoms with Crippen LogP contribution in [0.1, 0.15) is 51.3 Å². The molecule has 2 rings (SSSR count). The smallest absolute Gasteiger partial charge is 0.225 e. The van der Waals surface area contributed by atoms with E-state index in [1.807, 2.05) is 11.8 Å². The van der Waals surface area contributed by atoms with E-state index >= 15 is 0 Å². The van der Waals surface area contributed by atoms with E-state index in [1.54, 1.807) is 0 Å². The van der Waals surface area contributed by atoms with E-state index in [1.165, 1.54) is 32.1 Å². The van der Waals surface area contributed by atoms with Crippen molar-refractivity contribution >= 4 is 23.4 Å². The summed E-state index contributed by atoms with van der Waals surface area (Å²) in [6.45, 7) is 3.13. The van der Waals surface area contributed by atoms with E-state index < -0.39 is 0 Å². The maximum Gasteiger partial charge on any atom is 0.225 e. The first kappa shape index (κ1) is 14.2. The summed E-state index contributed by atoms with van der Waals surface area (Å²) in [5.74, 6) is 1.04. The molecule has 0 bridgehead atoms. The molecule has 1 fully saturated rings. The summed E-state index contributed by atoms with van der Waals surface area (Å²) in [5, 5.41) is 8.80. The van der Waals surface area contributed by atoms with Crippen LogP contribution in [0.2, 0.25) is 5.28 Å². The molecule has 102 valence electrons. The molecule has 1 aliphatic carbocycles. The Bertz CT molecular complexity index is 386. The van der Waals surface area contributed by atoms with Crippen LogP contribution in [-0.4, -0.2) is 25.8 Å². The molecule has 0 aromatic carbocycles. The zero-order valence-electron chi connectivity index (χ0n) is 11.3. The number of thioether (sulfide) groups is 1. The van der Waals surface area contributed by atoms with Gasteiger partial charge in [-0.05, 0) is 37.1 Å². The van der Waals surface area contributed by atoms with Crippen LogP contribution in [0.15, 0.2) is 0 Å². The summed E-state index contributed by atoms with van der Waals surface area (Å²) in [6.07, 6.45) is 10.9.